The highest BCUT2D eigenvalue weighted by atomic mass is 16.5. The SMILES string of the molecule is CNC(=O)COC(=O)[C@]12CCC(=O)N1c1ccccc1C(=O)N2CC(C)C. The summed E-state index contributed by atoms with van der Waals surface area (Å²) in [6.45, 7) is 3.67. The van der Waals surface area contributed by atoms with Gasteiger partial charge in [-0.1, -0.05) is 26.0 Å². The zero-order valence-corrected chi connectivity index (χ0v) is 15.7. The lowest BCUT2D eigenvalue weighted by Gasteiger charge is -2.48. The maximum absolute atomic E-state index is 13.2. The number of fused-ring (bicyclic) bond motifs is 3. The number of likely N-dealkylation sites (N-methyl/N-ethyl adjacent to an activating group) is 1. The molecule has 0 radical (unpaired) electrons. The number of esters is 1. The lowest BCUT2D eigenvalue weighted by Crippen LogP contribution is -2.69. The van der Waals surface area contributed by atoms with E-state index in [9.17, 15) is 19.2 Å². The monoisotopic (exact) mass is 373 g/mol. The van der Waals surface area contributed by atoms with Crippen LogP contribution in [0.3, 0.4) is 0 Å². The van der Waals surface area contributed by atoms with E-state index in [4.69, 9.17) is 4.74 Å². The van der Waals surface area contributed by atoms with Gasteiger partial charge in [-0.05, 0) is 18.1 Å². The Labute approximate surface area is 157 Å². The van der Waals surface area contributed by atoms with E-state index in [1.807, 2.05) is 13.8 Å². The first-order valence-corrected chi connectivity index (χ1v) is 8.94. The summed E-state index contributed by atoms with van der Waals surface area (Å²) in [5.41, 5.74) is -0.772. The molecule has 1 aromatic carbocycles. The van der Waals surface area contributed by atoms with Crippen LogP contribution in [0.1, 0.15) is 37.0 Å². The van der Waals surface area contributed by atoms with Crippen LogP contribution in [0.2, 0.25) is 0 Å². The van der Waals surface area contributed by atoms with Crippen LogP contribution < -0.4 is 10.2 Å². The molecule has 8 heteroatoms. The lowest BCUT2D eigenvalue weighted by atomic mass is 9.95. The highest BCUT2D eigenvalue weighted by molar-refractivity contribution is 6.15. The molecule has 0 unspecified atom stereocenters. The number of nitrogens with one attached hydrogen (secondary N) is 1. The molecule has 1 N–H and O–H groups in total. The highest BCUT2D eigenvalue weighted by Crippen LogP contribution is 2.45. The largest absolute Gasteiger partial charge is 0.452 e. The molecule has 144 valence electrons. The molecule has 1 saturated heterocycles. The van der Waals surface area contributed by atoms with Gasteiger partial charge in [0.25, 0.3) is 11.8 Å². The molecule has 1 aromatic rings. The van der Waals surface area contributed by atoms with Crippen molar-refractivity contribution in [2.24, 2.45) is 5.92 Å². The molecule has 0 spiro atoms. The van der Waals surface area contributed by atoms with Gasteiger partial charge in [-0.25, -0.2) is 4.79 Å². The van der Waals surface area contributed by atoms with Crippen molar-refractivity contribution in [3.05, 3.63) is 29.8 Å². The van der Waals surface area contributed by atoms with E-state index in [1.165, 1.54) is 16.8 Å². The summed E-state index contributed by atoms with van der Waals surface area (Å²) < 4.78 is 5.22. The van der Waals surface area contributed by atoms with Crippen molar-refractivity contribution in [2.45, 2.75) is 32.4 Å². The second kappa shape index (κ2) is 7.02. The molecule has 3 rings (SSSR count). The minimum absolute atomic E-state index is 0.0698. The first kappa shape index (κ1) is 18.9. The molecule has 2 heterocycles. The van der Waals surface area contributed by atoms with Gasteiger partial charge in [0.1, 0.15) is 0 Å². The van der Waals surface area contributed by atoms with Crippen molar-refractivity contribution in [2.75, 3.05) is 25.1 Å². The second-order valence-electron chi connectivity index (χ2n) is 7.12. The third-order valence-electron chi connectivity index (χ3n) is 4.86. The van der Waals surface area contributed by atoms with Crippen LogP contribution in [0.4, 0.5) is 5.69 Å². The predicted octanol–water partition coefficient (Wildman–Crippen LogP) is 0.911. The number of benzene rings is 1. The third kappa shape index (κ3) is 2.94. The number of ether oxygens (including phenoxy) is 1. The summed E-state index contributed by atoms with van der Waals surface area (Å²) in [6, 6.07) is 6.75. The maximum atomic E-state index is 13.2. The molecular weight excluding hydrogens is 350 g/mol. The molecule has 0 aromatic heterocycles. The van der Waals surface area contributed by atoms with E-state index in [0.717, 1.165) is 0 Å². The van der Waals surface area contributed by atoms with Crippen molar-refractivity contribution in [3.63, 3.8) is 0 Å². The Morgan fingerprint density at radius 1 is 1.26 bits per heavy atom. The molecule has 0 bridgehead atoms. The van der Waals surface area contributed by atoms with Crippen LogP contribution in [0, 0.1) is 5.92 Å². The molecule has 3 amide bonds. The molecule has 27 heavy (non-hydrogen) atoms. The van der Waals surface area contributed by atoms with Gasteiger partial charge in [0.15, 0.2) is 6.61 Å². The first-order valence-electron chi connectivity index (χ1n) is 8.94. The standard InChI is InChI=1S/C19H23N3O5/c1-12(2)10-21-17(25)13-6-4-5-7-14(13)22-16(24)8-9-19(21,22)18(26)27-11-15(23)20-3/h4-7,12H,8-11H2,1-3H3,(H,20,23)/t19-/m0/s1. The van der Waals surface area contributed by atoms with Crippen LogP contribution in [0.15, 0.2) is 24.3 Å². The zero-order chi connectivity index (χ0) is 19.8. The average molecular weight is 373 g/mol. The third-order valence-corrected chi connectivity index (χ3v) is 4.86. The van der Waals surface area contributed by atoms with Crippen LogP contribution in [0.5, 0.6) is 0 Å². The lowest BCUT2D eigenvalue weighted by molar-refractivity contribution is -0.160. The Bertz CT molecular complexity index is 806. The Kier molecular flexibility index (Phi) is 4.91. The molecule has 1 fully saturated rings. The van der Waals surface area contributed by atoms with Gasteiger partial charge < -0.3 is 15.0 Å². The number of anilines is 1. The number of hydrogen-bond donors (Lipinski definition) is 1. The number of carbonyl (C=O) groups excluding carboxylic acids is 4. The van der Waals surface area contributed by atoms with Gasteiger partial charge in [0.2, 0.25) is 11.6 Å². The number of nitrogens with zero attached hydrogens (tertiary/aromatic N) is 2. The summed E-state index contributed by atoms with van der Waals surface area (Å²) in [7, 11) is 1.44. The average Bonchev–Trinajstić information content (AvgIpc) is 3.01. The van der Waals surface area contributed by atoms with Crippen molar-refractivity contribution >= 4 is 29.4 Å². The Balaban J connectivity index is 2.11. The molecule has 1 atom stereocenters. The molecule has 0 aliphatic carbocycles. The van der Waals surface area contributed by atoms with E-state index < -0.39 is 24.1 Å². The number of carbonyl (C=O) groups is 4. The number of para-hydroxylation sites is 1. The fourth-order valence-corrected chi connectivity index (χ4v) is 3.68. The van der Waals surface area contributed by atoms with Crippen molar-refractivity contribution in [1.29, 1.82) is 0 Å². The number of rotatable bonds is 5. The van der Waals surface area contributed by atoms with E-state index >= 15 is 0 Å². The van der Waals surface area contributed by atoms with Gasteiger partial charge in [-0.2, -0.15) is 0 Å². The molecular formula is C19H23N3O5. The van der Waals surface area contributed by atoms with E-state index in [-0.39, 0.29) is 37.1 Å². The smallest absolute Gasteiger partial charge is 0.354 e. The summed E-state index contributed by atoms with van der Waals surface area (Å²) in [6.07, 6.45) is 0.247. The number of amides is 3. The van der Waals surface area contributed by atoms with E-state index in [1.54, 1.807) is 24.3 Å². The first-order chi connectivity index (χ1) is 12.8. The van der Waals surface area contributed by atoms with Crippen LogP contribution in [0.25, 0.3) is 0 Å². The van der Waals surface area contributed by atoms with Gasteiger partial charge in [0, 0.05) is 26.4 Å². The predicted molar refractivity (Wildman–Crippen MR) is 96.8 cm³/mol. The molecule has 8 nitrogen and oxygen atoms in total. The van der Waals surface area contributed by atoms with E-state index in [0.29, 0.717) is 11.3 Å². The number of hydrogen-bond acceptors (Lipinski definition) is 5. The topological polar surface area (TPSA) is 96.0 Å². The van der Waals surface area contributed by atoms with Crippen molar-refractivity contribution in [1.82, 2.24) is 10.2 Å². The summed E-state index contributed by atoms with van der Waals surface area (Å²) >= 11 is 0. The Hall–Kier alpha value is -2.90. The van der Waals surface area contributed by atoms with E-state index in [2.05, 4.69) is 5.32 Å². The normalized spacial score (nSPS) is 21.2. The maximum Gasteiger partial charge on any atom is 0.354 e. The molecule has 2 aliphatic rings. The van der Waals surface area contributed by atoms with Crippen molar-refractivity contribution < 1.29 is 23.9 Å². The Morgan fingerprint density at radius 3 is 2.63 bits per heavy atom. The van der Waals surface area contributed by atoms with Gasteiger partial charge in [-0.15, -0.1) is 0 Å². The minimum Gasteiger partial charge on any atom is -0.452 e. The molecule has 0 saturated carbocycles. The van der Waals surface area contributed by atoms with Gasteiger partial charge >= 0.3 is 5.97 Å². The van der Waals surface area contributed by atoms with Crippen LogP contribution in [-0.2, 0) is 19.1 Å². The van der Waals surface area contributed by atoms with Crippen LogP contribution >= 0.6 is 0 Å². The quantitative estimate of drug-likeness (QED) is 0.774. The minimum atomic E-state index is -1.55. The van der Waals surface area contributed by atoms with Crippen molar-refractivity contribution in [3.8, 4) is 0 Å². The van der Waals surface area contributed by atoms with Gasteiger partial charge in [0.05, 0.1) is 11.3 Å². The highest BCUT2D eigenvalue weighted by Gasteiger charge is 2.62. The Morgan fingerprint density at radius 2 is 1.96 bits per heavy atom. The molecule has 2 aliphatic heterocycles. The van der Waals surface area contributed by atoms with Gasteiger partial charge in [-0.3, -0.25) is 19.3 Å². The van der Waals surface area contributed by atoms with Crippen LogP contribution in [-0.4, -0.2) is 54.5 Å². The zero-order valence-electron chi connectivity index (χ0n) is 15.7. The summed E-state index contributed by atoms with van der Waals surface area (Å²) in [4.78, 5) is 53.4. The summed E-state index contributed by atoms with van der Waals surface area (Å²) in [5, 5.41) is 2.38. The summed E-state index contributed by atoms with van der Waals surface area (Å²) in [5.74, 6) is -1.72. The second-order valence-corrected chi connectivity index (χ2v) is 7.12. The fraction of sp³-hybridized carbons (Fsp3) is 0.474. The fourth-order valence-electron chi connectivity index (χ4n) is 3.68.